The molecule has 1 heterocycles. The number of hydrogen-bond acceptors (Lipinski definition) is 3. The van der Waals surface area contributed by atoms with Crippen LogP contribution >= 0.6 is 0 Å². The Hall–Kier alpha value is -3.48. The number of amides is 2. The van der Waals surface area contributed by atoms with Crippen molar-refractivity contribution in [3.8, 4) is 0 Å². The van der Waals surface area contributed by atoms with Crippen LogP contribution < -0.4 is 10.6 Å². The second kappa shape index (κ2) is 9.98. The van der Waals surface area contributed by atoms with E-state index in [0.717, 1.165) is 30.5 Å². The number of nitrogens with one attached hydrogen (secondary N) is 2. The lowest BCUT2D eigenvalue weighted by Crippen LogP contribution is -2.50. The molecule has 0 radical (unpaired) electrons. The van der Waals surface area contributed by atoms with Gasteiger partial charge in [0.05, 0.1) is 18.8 Å². The first-order valence-electron chi connectivity index (χ1n) is 11.4. The van der Waals surface area contributed by atoms with Gasteiger partial charge in [-0.15, -0.1) is 0 Å². The van der Waals surface area contributed by atoms with Crippen molar-refractivity contribution in [2.24, 2.45) is 5.92 Å². The largest absolute Gasteiger partial charge is 0.347 e. The molecule has 0 aliphatic heterocycles. The Morgan fingerprint density at radius 2 is 1.85 bits per heavy atom. The van der Waals surface area contributed by atoms with Gasteiger partial charge in [0, 0.05) is 16.8 Å². The molecule has 0 fully saturated rings. The maximum atomic E-state index is 13.2. The minimum Gasteiger partial charge on any atom is -0.347 e. The van der Waals surface area contributed by atoms with Crippen LogP contribution in [-0.4, -0.2) is 27.6 Å². The summed E-state index contributed by atoms with van der Waals surface area (Å²) in [6.07, 6.45) is 4.55. The van der Waals surface area contributed by atoms with Crippen LogP contribution in [0.4, 0.5) is 4.39 Å². The van der Waals surface area contributed by atoms with Crippen LogP contribution in [0.15, 0.2) is 60.8 Å². The van der Waals surface area contributed by atoms with Gasteiger partial charge in [0.25, 0.3) is 5.91 Å². The quantitative estimate of drug-likeness (QED) is 0.573. The highest BCUT2D eigenvalue weighted by molar-refractivity contribution is 5.97. The van der Waals surface area contributed by atoms with Crippen molar-refractivity contribution in [3.63, 3.8) is 0 Å². The molecule has 2 atom stereocenters. The van der Waals surface area contributed by atoms with E-state index in [0.29, 0.717) is 12.1 Å². The topological polar surface area (TPSA) is 76.0 Å². The van der Waals surface area contributed by atoms with Gasteiger partial charge in [-0.1, -0.05) is 44.2 Å². The normalized spacial score (nSPS) is 16.2. The summed E-state index contributed by atoms with van der Waals surface area (Å²) in [6.45, 7) is 4.47. The van der Waals surface area contributed by atoms with E-state index in [9.17, 15) is 14.0 Å². The van der Waals surface area contributed by atoms with Crippen molar-refractivity contribution in [2.75, 3.05) is 0 Å². The molecule has 2 aromatic carbocycles. The third-order valence-electron chi connectivity index (χ3n) is 6.10. The fraction of sp³-hybridized carbons (Fsp3) is 0.346. The number of halogens is 1. The Morgan fingerprint density at radius 1 is 1.12 bits per heavy atom. The van der Waals surface area contributed by atoms with Crippen molar-refractivity contribution in [1.82, 2.24) is 20.4 Å². The second-order valence-electron chi connectivity index (χ2n) is 8.85. The van der Waals surface area contributed by atoms with E-state index in [1.165, 1.54) is 29.8 Å². The Morgan fingerprint density at radius 3 is 2.55 bits per heavy atom. The molecule has 2 N–H and O–H groups in total. The number of fused-ring (bicyclic) bond motifs is 1. The summed E-state index contributed by atoms with van der Waals surface area (Å²) in [4.78, 5) is 25.8. The summed E-state index contributed by atoms with van der Waals surface area (Å²) >= 11 is 0. The second-order valence-corrected chi connectivity index (χ2v) is 8.85. The van der Waals surface area contributed by atoms with Crippen molar-refractivity contribution in [2.45, 2.75) is 51.7 Å². The monoisotopic (exact) mass is 448 g/mol. The zero-order valence-corrected chi connectivity index (χ0v) is 18.9. The average molecular weight is 449 g/mol. The molecule has 2 amide bonds. The van der Waals surface area contributed by atoms with Crippen LogP contribution in [0.5, 0.6) is 0 Å². The third kappa shape index (κ3) is 5.30. The van der Waals surface area contributed by atoms with Crippen LogP contribution in [-0.2, 0) is 17.8 Å². The highest BCUT2D eigenvalue weighted by atomic mass is 19.1. The van der Waals surface area contributed by atoms with Crippen molar-refractivity contribution < 1.29 is 14.0 Å². The molecular weight excluding hydrogens is 419 g/mol. The van der Waals surface area contributed by atoms with Crippen molar-refractivity contribution in [3.05, 3.63) is 89.0 Å². The molecule has 0 spiro atoms. The van der Waals surface area contributed by atoms with Gasteiger partial charge >= 0.3 is 0 Å². The number of hydrogen-bond donors (Lipinski definition) is 2. The molecule has 1 aromatic heterocycles. The molecule has 2 unspecified atom stereocenters. The lowest BCUT2D eigenvalue weighted by atomic mass is 9.92. The van der Waals surface area contributed by atoms with E-state index in [-0.39, 0.29) is 17.9 Å². The molecule has 0 bridgehead atoms. The summed E-state index contributed by atoms with van der Waals surface area (Å²) in [7, 11) is 0. The summed E-state index contributed by atoms with van der Waals surface area (Å²) < 4.78 is 15.2. The lowest BCUT2D eigenvalue weighted by Gasteiger charge is -2.28. The SMILES string of the molecule is CC(C)C(NC(=O)c1ccc(F)cc1)C(=O)NC1CCCc2c1cnn2Cc1ccccc1. The minimum absolute atomic E-state index is 0.113. The Bertz CT molecular complexity index is 1110. The van der Waals surface area contributed by atoms with Gasteiger partial charge in [-0.2, -0.15) is 5.10 Å². The summed E-state index contributed by atoms with van der Waals surface area (Å²) in [6, 6.07) is 14.6. The van der Waals surface area contributed by atoms with Gasteiger partial charge in [-0.05, 0) is 55.0 Å². The molecule has 1 aliphatic carbocycles. The smallest absolute Gasteiger partial charge is 0.251 e. The van der Waals surface area contributed by atoms with Crippen molar-refractivity contribution in [1.29, 1.82) is 0 Å². The van der Waals surface area contributed by atoms with Gasteiger partial charge in [0.1, 0.15) is 11.9 Å². The highest BCUT2D eigenvalue weighted by Gasteiger charge is 2.30. The first-order chi connectivity index (χ1) is 15.9. The maximum absolute atomic E-state index is 13.2. The molecule has 172 valence electrons. The summed E-state index contributed by atoms with van der Waals surface area (Å²) in [5.74, 6) is -1.15. The van der Waals surface area contributed by atoms with E-state index in [1.54, 1.807) is 0 Å². The van der Waals surface area contributed by atoms with Crippen LogP contribution in [0.25, 0.3) is 0 Å². The first kappa shape index (κ1) is 22.7. The molecule has 3 aromatic rings. The van der Waals surface area contributed by atoms with E-state index < -0.39 is 17.8 Å². The molecule has 33 heavy (non-hydrogen) atoms. The van der Waals surface area contributed by atoms with E-state index in [2.05, 4.69) is 27.9 Å². The molecular formula is C26H29FN4O2. The fourth-order valence-corrected chi connectivity index (χ4v) is 4.28. The van der Waals surface area contributed by atoms with Crippen LogP contribution in [0, 0.1) is 11.7 Å². The molecule has 6 nitrogen and oxygen atoms in total. The number of nitrogens with zero attached hydrogens (tertiary/aromatic N) is 2. The Kier molecular flexibility index (Phi) is 6.87. The summed E-state index contributed by atoms with van der Waals surface area (Å²) in [5, 5.41) is 10.5. The fourth-order valence-electron chi connectivity index (χ4n) is 4.28. The Labute approximate surface area is 193 Å². The number of benzene rings is 2. The van der Waals surface area contributed by atoms with Crippen LogP contribution in [0.2, 0.25) is 0 Å². The van der Waals surface area contributed by atoms with Gasteiger partial charge in [-0.25, -0.2) is 4.39 Å². The van der Waals surface area contributed by atoms with Crippen LogP contribution in [0.3, 0.4) is 0 Å². The Balaban J connectivity index is 1.46. The number of rotatable bonds is 7. The zero-order chi connectivity index (χ0) is 23.4. The first-order valence-corrected chi connectivity index (χ1v) is 11.4. The van der Waals surface area contributed by atoms with E-state index in [1.807, 2.05) is 42.9 Å². The minimum atomic E-state index is -0.702. The molecule has 0 saturated heterocycles. The zero-order valence-electron chi connectivity index (χ0n) is 18.9. The molecule has 1 aliphatic rings. The van der Waals surface area contributed by atoms with E-state index in [4.69, 9.17) is 0 Å². The lowest BCUT2D eigenvalue weighted by molar-refractivity contribution is -0.124. The number of aromatic nitrogens is 2. The molecule has 7 heteroatoms. The van der Waals surface area contributed by atoms with Crippen LogP contribution in [0.1, 0.15) is 59.9 Å². The summed E-state index contributed by atoms with van der Waals surface area (Å²) in [5.41, 5.74) is 3.68. The van der Waals surface area contributed by atoms with Crippen molar-refractivity contribution >= 4 is 11.8 Å². The van der Waals surface area contributed by atoms with Gasteiger partial charge in [0.2, 0.25) is 5.91 Å². The number of carbonyl (C=O) groups excluding carboxylic acids is 2. The van der Waals surface area contributed by atoms with E-state index >= 15 is 0 Å². The predicted octanol–water partition coefficient (Wildman–Crippen LogP) is 4.02. The molecule has 4 rings (SSSR count). The van der Waals surface area contributed by atoms with Gasteiger partial charge in [-0.3, -0.25) is 14.3 Å². The van der Waals surface area contributed by atoms with Gasteiger partial charge < -0.3 is 10.6 Å². The standard InChI is InChI=1S/C26H29FN4O2/c1-17(2)24(30-25(32)19-11-13-20(27)14-12-19)26(33)29-22-9-6-10-23-21(22)15-28-31(23)16-18-7-4-3-5-8-18/h3-5,7-8,11-15,17,22,24H,6,9-10,16H2,1-2H3,(H,29,33)(H,30,32). The maximum Gasteiger partial charge on any atom is 0.251 e. The highest BCUT2D eigenvalue weighted by Crippen LogP contribution is 2.30. The third-order valence-corrected chi connectivity index (χ3v) is 6.10. The van der Waals surface area contributed by atoms with Gasteiger partial charge in [0.15, 0.2) is 0 Å². The number of carbonyl (C=O) groups is 2. The molecule has 0 saturated carbocycles. The predicted molar refractivity (Wildman–Crippen MR) is 124 cm³/mol. The average Bonchev–Trinajstić information content (AvgIpc) is 3.22.